The molecule has 0 fully saturated rings. The number of pyridine rings is 1. The molecule has 4 heteroatoms. The quantitative estimate of drug-likeness (QED) is 0.701. The molecule has 1 rings (SSSR count). The van der Waals surface area contributed by atoms with Crippen molar-refractivity contribution < 1.29 is 5.11 Å². The van der Waals surface area contributed by atoms with E-state index in [9.17, 15) is 4.79 Å². The van der Waals surface area contributed by atoms with Gasteiger partial charge < -0.3 is 15.4 Å². The summed E-state index contributed by atoms with van der Waals surface area (Å²) in [4.78, 5) is 12.0. The molecule has 0 aromatic carbocycles. The van der Waals surface area contributed by atoms with E-state index in [1.165, 1.54) is 0 Å². The third-order valence-corrected chi connectivity index (χ3v) is 2.98. The highest BCUT2D eigenvalue weighted by Crippen LogP contribution is 2.04. The van der Waals surface area contributed by atoms with Crippen molar-refractivity contribution in [3.05, 3.63) is 33.7 Å². The maximum atomic E-state index is 12.0. The molecule has 4 nitrogen and oxygen atoms in total. The van der Waals surface area contributed by atoms with E-state index in [0.29, 0.717) is 12.1 Å². The number of aromatic nitrogens is 1. The number of nitrogens with two attached hydrogens (primary N) is 1. The molecule has 0 saturated heterocycles. The summed E-state index contributed by atoms with van der Waals surface area (Å²) < 4.78 is 1.79. The lowest BCUT2D eigenvalue weighted by Gasteiger charge is -2.11. The van der Waals surface area contributed by atoms with Crippen LogP contribution in [-0.4, -0.2) is 16.3 Å². The molecule has 0 spiro atoms. The maximum Gasteiger partial charge on any atom is 0.255 e. The molecule has 0 unspecified atom stereocenters. The SMILES string of the molecule is Cc1ccc(CN)c(=O)n1CCCCCCO. The van der Waals surface area contributed by atoms with Gasteiger partial charge in [-0.25, -0.2) is 0 Å². The lowest BCUT2D eigenvalue weighted by atomic mass is 10.2. The molecule has 3 N–H and O–H groups in total. The van der Waals surface area contributed by atoms with Gasteiger partial charge in [-0.3, -0.25) is 4.79 Å². The first-order valence-electron chi connectivity index (χ1n) is 6.21. The topological polar surface area (TPSA) is 68.2 Å². The van der Waals surface area contributed by atoms with Crippen LogP contribution in [0.5, 0.6) is 0 Å². The van der Waals surface area contributed by atoms with Crippen molar-refractivity contribution in [2.45, 2.75) is 45.7 Å². The molecule has 17 heavy (non-hydrogen) atoms. The van der Waals surface area contributed by atoms with E-state index >= 15 is 0 Å². The van der Waals surface area contributed by atoms with Gasteiger partial charge in [0.1, 0.15) is 0 Å². The third-order valence-electron chi connectivity index (χ3n) is 2.98. The van der Waals surface area contributed by atoms with E-state index in [-0.39, 0.29) is 12.2 Å². The Bertz CT molecular complexity index is 399. The first-order chi connectivity index (χ1) is 8.20. The summed E-state index contributed by atoms with van der Waals surface area (Å²) >= 11 is 0. The van der Waals surface area contributed by atoms with Crippen LogP contribution in [0.3, 0.4) is 0 Å². The number of aryl methyl sites for hydroxylation is 1. The Balaban J connectivity index is 2.61. The van der Waals surface area contributed by atoms with Gasteiger partial charge in [0.15, 0.2) is 0 Å². The Labute approximate surface area is 102 Å². The summed E-state index contributed by atoms with van der Waals surface area (Å²) in [6, 6.07) is 3.75. The second-order valence-electron chi connectivity index (χ2n) is 4.30. The van der Waals surface area contributed by atoms with Gasteiger partial charge in [0.2, 0.25) is 0 Å². The Hall–Kier alpha value is -1.13. The lowest BCUT2D eigenvalue weighted by molar-refractivity contribution is 0.282. The molecule has 1 heterocycles. The zero-order chi connectivity index (χ0) is 12.7. The first-order valence-corrected chi connectivity index (χ1v) is 6.21. The second-order valence-corrected chi connectivity index (χ2v) is 4.30. The standard InChI is InChI=1S/C13H22N2O2/c1-11-6-7-12(10-14)13(17)15(11)8-4-2-3-5-9-16/h6-7,16H,2-5,8-10,14H2,1H3. The van der Waals surface area contributed by atoms with Crippen molar-refractivity contribution in [3.63, 3.8) is 0 Å². The summed E-state index contributed by atoms with van der Waals surface area (Å²) in [5.41, 5.74) is 7.21. The molecule has 1 aromatic heterocycles. The van der Waals surface area contributed by atoms with Gasteiger partial charge in [0.25, 0.3) is 5.56 Å². The number of rotatable bonds is 7. The molecule has 0 bridgehead atoms. The molecular formula is C13H22N2O2. The Morgan fingerprint density at radius 1 is 1.24 bits per heavy atom. The highest BCUT2D eigenvalue weighted by atomic mass is 16.2. The van der Waals surface area contributed by atoms with Gasteiger partial charge in [0, 0.05) is 31.0 Å². The fraction of sp³-hybridized carbons (Fsp3) is 0.615. The zero-order valence-electron chi connectivity index (χ0n) is 10.5. The maximum absolute atomic E-state index is 12.0. The second kappa shape index (κ2) is 7.25. The highest BCUT2D eigenvalue weighted by Gasteiger charge is 2.04. The third kappa shape index (κ3) is 3.98. The molecule has 0 aliphatic rings. The van der Waals surface area contributed by atoms with E-state index in [1.54, 1.807) is 10.6 Å². The van der Waals surface area contributed by atoms with Gasteiger partial charge >= 0.3 is 0 Å². The number of hydrogen-bond donors (Lipinski definition) is 2. The van der Waals surface area contributed by atoms with E-state index in [4.69, 9.17) is 10.8 Å². The average Bonchev–Trinajstić information content (AvgIpc) is 2.33. The van der Waals surface area contributed by atoms with Crippen LogP contribution in [-0.2, 0) is 13.1 Å². The fourth-order valence-corrected chi connectivity index (χ4v) is 1.88. The van der Waals surface area contributed by atoms with Gasteiger partial charge in [0.05, 0.1) is 0 Å². The van der Waals surface area contributed by atoms with Crippen molar-refractivity contribution in [2.75, 3.05) is 6.61 Å². The molecule has 0 aliphatic heterocycles. The van der Waals surface area contributed by atoms with Crippen LogP contribution in [0.4, 0.5) is 0 Å². The van der Waals surface area contributed by atoms with Crippen LogP contribution in [0.1, 0.15) is 36.9 Å². The first kappa shape index (κ1) is 13.9. The van der Waals surface area contributed by atoms with Crippen molar-refractivity contribution in [3.8, 4) is 0 Å². The molecule has 0 atom stereocenters. The van der Waals surface area contributed by atoms with Gasteiger partial charge in [-0.15, -0.1) is 0 Å². The average molecular weight is 238 g/mol. The Morgan fingerprint density at radius 3 is 2.59 bits per heavy atom. The number of unbranched alkanes of at least 4 members (excludes halogenated alkanes) is 3. The van der Waals surface area contributed by atoms with Crippen LogP contribution in [0.2, 0.25) is 0 Å². The Morgan fingerprint density at radius 2 is 1.94 bits per heavy atom. The minimum atomic E-state index is 0.0367. The number of hydrogen-bond acceptors (Lipinski definition) is 3. The van der Waals surface area contributed by atoms with E-state index in [2.05, 4.69) is 0 Å². The molecule has 0 radical (unpaired) electrons. The van der Waals surface area contributed by atoms with Crippen LogP contribution >= 0.6 is 0 Å². The highest BCUT2D eigenvalue weighted by molar-refractivity contribution is 5.15. The van der Waals surface area contributed by atoms with Crippen LogP contribution in [0.15, 0.2) is 16.9 Å². The molecule has 0 amide bonds. The monoisotopic (exact) mass is 238 g/mol. The molecule has 1 aromatic rings. The molecule has 96 valence electrons. The largest absolute Gasteiger partial charge is 0.396 e. The summed E-state index contributed by atoms with van der Waals surface area (Å²) in [5.74, 6) is 0. The minimum absolute atomic E-state index is 0.0367. The summed E-state index contributed by atoms with van der Waals surface area (Å²) in [5, 5.41) is 8.67. The van der Waals surface area contributed by atoms with E-state index < -0.39 is 0 Å². The fourth-order valence-electron chi connectivity index (χ4n) is 1.88. The van der Waals surface area contributed by atoms with Crippen molar-refractivity contribution in [1.82, 2.24) is 4.57 Å². The molecular weight excluding hydrogens is 216 g/mol. The summed E-state index contributed by atoms with van der Waals surface area (Å²) in [6.07, 6.45) is 3.87. The molecule has 0 aliphatic carbocycles. The Kier molecular flexibility index (Phi) is 5.94. The number of aliphatic hydroxyl groups excluding tert-OH is 1. The smallest absolute Gasteiger partial charge is 0.255 e. The van der Waals surface area contributed by atoms with Gasteiger partial charge in [-0.05, 0) is 25.8 Å². The zero-order valence-corrected chi connectivity index (χ0v) is 10.5. The van der Waals surface area contributed by atoms with Crippen LogP contribution in [0.25, 0.3) is 0 Å². The van der Waals surface area contributed by atoms with Crippen molar-refractivity contribution >= 4 is 0 Å². The predicted molar refractivity (Wildman–Crippen MR) is 68.9 cm³/mol. The van der Waals surface area contributed by atoms with Gasteiger partial charge in [-0.2, -0.15) is 0 Å². The summed E-state index contributed by atoms with van der Waals surface area (Å²) in [7, 11) is 0. The van der Waals surface area contributed by atoms with Crippen LogP contribution < -0.4 is 11.3 Å². The van der Waals surface area contributed by atoms with E-state index in [0.717, 1.165) is 37.9 Å². The van der Waals surface area contributed by atoms with Crippen molar-refractivity contribution in [2.24, 2.45) is 5.73 Å². The van der Waals surface area contributed by atoms with Gasteiger partial charge in [-0.1, -0.05) is 18.9 Å². The lowest BCUT2D eigenvalue weighted by Crippen LogP contribution is -2.26. The molecule has 0 saturated carbocycles. The number of aliphatic hydroxyl groups is 1. The minimum Gasteiger partial charge on any atom is -0.396 e. The summed E-state index contributed by atoms with van der Waals surface area (Å²) in [6.45, 7) is 3.23. The number of nitrogens with zero attached hydrogens (tertiary/aromatic N) is 1. The predicted octanol–water partition coefficient (Wildman–Crippen LogP) is 1.17. The van der Waals surface area contributed by atoms with E-state index in [1.807, 2.05) is 13.0 Å². The van der Waals surface area contributed by atoms with Crippen molar-refractivity contribution in [1.29, 1.82) is 0 Å². The normalized spacial score (nSPS) is 10.8. The van der Waals surface area contributed by atoms with Crippen LogP contribution in [0, 0.1) is 6.92 Å².